The molecule has 0 atom stereocenters. The fourth-order valence-corrected chi connectivity index (χ4v) is 5.18. The first-order chi connectivity index (χ1) is 14.4. The molecule has 3 heterocycles. The smallest absolute Gasteiger partial charge is 0.270 e. The van der Waals surface area contributed by atoms with Crippen molar-refractivity contribution >= 4 is 46.1 Å². The number of hydrogen-bond donors (Lipinski definition) is 0. The van der Waals surface area contributed by atoms with Crippen LogP contribution in [0.15, 0.2) is 9.70 Å². The molecule has 7 nitrogen and oxygen atoms in total. The monoisotopic (exact) mass is 446 g/mol. The van der Waals surface area contributed by atoms with Crippen LogP contribution in [0.5, 0.6) is 0 Å². The van der Waals surface area contributed by atoms with Crippen LogP contribution in [0.3, 0.4) is 0 Å². The largest absolute Gasteiger partial charge is 0.383 e. The fourth-order valence-electron chi connectivity index (χ4n) is 3.89. The Balaban J connectivity index is 2.17. The summed E-state index contributed by atoms with van der Waals surface area (Å²) in [6.07, 6.45) is 5.07. The SMILES string of the molecule is CCn1c(N2CCCCC2)c(C=C2SC(=S)N(CCOC)C2=O)c(C)c(C#N)c1=O. The Bertz CT molecular complexity index is 987. The first-order valence-corrected chi connectivity index (χ1v) is 11.3. The van der Waals surface area contributed by atoms with Gasteiger partial charge < -0.3 is 9.64 Å². The number of pyridine rings is 1. The van der Waals surface area contributed by atoms with Crippen molar-refractivity contribution in [1.82, 2.24) is 9.47 Å². The van der Waals surface area contributed by atoms with Gasteiger partial charge in [-0.1, -0.05) is 24.0 Å². The van der Waals surface area contributed by atoms with Gasteiger partial charge in [-0.15, -0.1) is 0 Å². The van der Waals surface area contributed by atoms with Gasteiger partial charge in [-0.2, -0.15) is 5.26 Å². The molecule has 1 aromatic rings. The molecule has 30 heavy (non-hydrogen) atoms. The lowest BCUT2D eigenvalue weighted by Gasteiger charge is -2.33. The second-order valence-corrected chi connectivity index (χ2v) is 8.95. The third kappa shape index (κ3) is 4.17. The Morgan fingerprint density at radius 3 is 2.57 bits per heavy atom. The predicted octanol–water partition coefficient (Wildman–Crippen LogP) is 2.89. The van der Waals surface area contributed by atoms with Crippen molar-refractivity contribution in [1.29, 1.82) is 5.26 Å². The minimum Gasteiger partial charge on any atom is -0.383 e. The lowest BCUT2D eigenvalue weighted by Crippen LogP contribution is -2.37. The molecule has 0 spiro atoms. The molecule has 0 radical (unpaired) electrons. The van der Waals surface area contributed by atoms with Gasteiger partial charge in [0.25, 0.3) is 11.5 Å². The first-order valence-electron chi connectivity index (χ1n) is 10.1. The Hall–Kier alpha value is -2.15. The number of anilines is 1. The molecular formula is C21H26N4O3S2. The number of aromatic nitrogens is 1. The van der Waals surface area contributed by atoms with Crippen molar-refractivity contribution in [2.45, 2.75) is 39.7 Å². The molecule has 2 fully saturated rings. The summed E-state index contributed by atoms with van der Waals surface area (Å²) in [5.41, 5.74) is 1.21. The minimum absolute atomic E-state index is 0.124. The van der Waals surface area contributed by atoms with Gasteiger partial charge in [0.1, 0.15) is 21.8 Å². The number of piperidine rings is 1. The van der Waals surface area contributed by atoms with Crippen molar-refractivity contribution in [3.8, 4) is 6.07 Å². The van der Waals surface area contributed by atoms with E-state index < -0.39 is 0 Å². The standard InChI is InChI=1S/C21H26N4O3S2/c1-4-24-18(23-8-6-5-7-9-23)15(14(2)16(13-22)19(24)26)12-17-20(27)25(10-11-28-3)21(29)30-17/h12H,4-11H2,1-3H3. The highest BCUT2D eigenvalue weighted by molar-refractivity contribution is 8.26. The van der Waals surface area contributed by atoms with Crippen molar-refractivity contribution in [3.63, 3.8) is 0 Å². The van der Waals surface area contributed by atoms with Crippen LogP contribution in [0.25, 0.3) is 6.08 Å². The van der Waals surface area contributed by atoms with Crippen molar-refractivity contribution in [2.24, 2.45) is 0 Å². The van der Waals surface area contributed by atoms with E-state index in [1.165, 1.54) is 16.7 Å². The molecule has 2 aliphatic rings. The number of amides is 1. The summed E-state index contributed by atoms with van der Waals surface area (Å²) >= 11 is 6.63. The topological polar surface area (TPSA) is 78.6 Å². The lowest BCUT2D eigenvalue weighted by molar-refractivity contribution is -0.122. The number of thioether (sulfide) groups is 1. The van der Waals surface area contributed by atoms with Gasteiger partial charge in [-0.05, 0) is 44.7 Å². The van der Waals surface area contributed by atoms with E-state index in [4.69, 9.17) is 17.0 Å². The maximum atomic E-state index is 13.0. The fraction of sp³-hybridized carbons (Fsp3) is 0.524. The maximum absolute atomic E-state index is 13.0. The van der Waals surface area contributed by atoms with Gasteiger partial charge in [0.05, 0.1) is 18.1 Å². The molecule has 0 aromatic carbocycles. The zero-order chi connectivity index (χ0) is 21.8. The number of methoxy groups -OCH3 is 1. The number of carbonyl (C=O) groups is 1. The number of ether oxygens (including phenoxy) is 1. The van der Waals surface area contributed by atoms with E-state index in [2.05, 4.69) is 11.0 Å². The van der Waals surface area contributed by atoms with Crippen LogP contribution in [0.1, 0.15) is 42.9 Å². The Labute approximate surface area is 186 Å². The number of rotatable bonds is 6. The van der Waals surface area contributed by atoms with E-state index in [1.807, 2.05) is 6.92 Å². The summed E-state index contributed by atoms with van der Waals surface area (Å²) < 4.78 is 7.23. The second-order valence-electron chi connectivity index (χ2n) is 7.27. The number of nitriles is 1. The number of nitrogens with zero attached hydrogens (tertiary/aromatic N) is 4. The molecule has 160 valence electrons. The van der Waals surface area contributed by atoms with Crippen LogP contribution in [0, 0.1) is 18.3 Å². The van der Waals surface area contributed by atoms with Gasteiger partial charge in [0, 0.05) is 32.3 Å². The molecule has 0 N–H and O–H groups in total. The van der Waals surface area contributed by atoms with Gasteiger partial charge in [-0.3, -0.25) is 19.1 Å². The summed E-state index contributed by atoms with van der Waals surface area (Å²) in [5, 5.41) is 9.63. The highest BCUT2D eigenvalue weighted by Gasteiger charge is 2.33. The lowest BCUT2D eigenvalue weighted by atomic mass is 10.0. The summed E-state index contributed by atoms with van der Waals surface area (Å²) in [5.74, 6) is 0.625. The van der Waals surface area contributed by atoms with Crippen LogP contribution in [-0.2, 0) is 16.1 Å². The highest BCUT2D eigenvalue weighted by atomic mass is 32.2. The highest BCUT2D eigenvalue weighted by Crippen LogP contribution is 2.36. The third-order valence-corrected chi connectivity index (χ3v) is 6.86. The summed E-state index contributed by atoms with van der Waals surface area (Å²) in [6, 6.07) is 2.06. The molecule has 0 unspecified atom stereocenters. The van der Waals surface area contributed by atoms with Crippen LogP contribution in [0.4, 0.5) is 5.82 Å². The number of hydrogen-bond acceptors (Lipinski definition) is 7. The molecule has 2 aliphatic heterocycles. The number of carbonyl (C=O) groups excluding carboxylic acids is 1. The first kappa shape index (κ1) is 22.5. The van der Waals surface area contributed by atoms with E-state index in [0.29, 0.717) is 34.5 Å². The maximum Gasteiger partial charge on any atom is 0.270 e. The van der Waals surface area contributed by atoms with Crippen LogP contribution in [0.2, 0.25) is 0 Å². The Morgan fingerprint density at radius 2 is 1.97 bits per heavy atom. The van der Waals surface area contributed by atoms with Crippen molar-refractivity contribution in [2.75, 3.05) is 38.3 Å². The summed E-state index contributed by atoms with van der Waals surface area (Å²) in [4.78, 5) is 30.2. The molecule has 1 aromatic heterocycles. The van der Waals surface area contributed by atoms with Gasteiger partial charge in [0.2, 0.25) is 0 Å². The third-order valence-electron chi connectivity index (χ3n) is 5.49. The molecule has 9 heteroatoms. The van der Waals surface area contributed by atoms with E-state index in [1.54, 1.807) is 24.7 Å². The van der Waals surface area contributed by atoms with Crippen LogP contribution >= 0.6 is 24.0 Å². The zero-order valence-corrected chi connectivity index (χ0v) is 19.2. The van der Waals surface area contributed by atoms with Gasteiger partial charge in [0.15, 0.2) is 0 Å². The predicted molar refractivity (Wildman–Crippen MR) is 124 cm³/mol. The molecule has 0 bridgehead atoms. The van der Waals surface area contributed by atoms with Gasteiger partial charge >= 0.3 is 0 Å². The van der Waals surface area contributed by atoms with Crippen LogP contribution < -0.4 is 10.5 Å². The Morgan fingerprint density at radius 1 is 1.27 bits per heavy atom. The van der Waals surface area contributed by atoms with Gasteiger partial charge in [-0.25, -0.2) is 0 Å². The van der Waals surface area contributed by atoms with E-state index in [-0.39, 0.29) is 17.0 Å². The molecule has 1 amide bonds. The second kappa shape index (κ2) is 9.77. The summed E-state index contributed by atoms with van der Waals surface area (Å²) in [6.45, 7) is 6.63. The van der Waals surface area contributed by atoms with Crippen molar-refractivity contribution in [3.05, 3.63) is 31.9 Å². The molecule has 3 rings (SSSR count). The van der Waals surface area contributed by atoms with Crippen LogP contribution in [-0.4, -0.2) is 53.0 Å². The molecule has 0 aliphatic carbocycles. The minimum atomic E-state index is -0.275. The average Bonchev–Trinajstić information content (AvgIpc) is 3.01. The molecule has 0 saturated carbocycles. The van der Waals surface area contributed by atoms with E-state index in [9.17, 15) is 14.9 Å². The zero-order valence-electron chi connectivity index (χ0n) is 17.6. The Kier molecular flexibility index (Phi) is 7.34. The van der Waals surface area contributed by atoms with E-state index >= 15 is 0 Å². The quantitative estimate of drug-likeness (QED) is 0.491. The molecule has 2 saturated heterocycles. The summed E-state index contributed by atoms with van der Waals surface area (Å²) in [7, 11) is 1.58. The van der Waals surface area contributed by atoms with E-state index in [0.717, 1.165) is 43.7 Å². The number of thiocarbonyl (C=S) groups is 1. The normalized spacial score (nSPS) is 18.4. The van der Waals surface area contributed by atoms with Crippen molar-refractivity contribution < 1.29 is 9.53 Å². The molecular weight excluding hydrogens is 420 g/mol. The average molecular weight is 447 g/mol.